The number of aliphatic carboxylic acids is 1. The van der Waals surface area contributed by atoms with Crippen molar-refractivity contribution in [2.24, 2.45) is 5.92 Å². The number of hydrogen-bond donors (Lipinski definition) is 2. The van der Waals surface area contributed by atoms with Crippen molar-refractivity contribution in [2.75, 3.05) is 6.54 Å². The zero-order chi connectivity index (χ0) is 24.5. The zero-order valence-electron chi connectivity index (χ0n) is 19.5. The van der Waals surface area contributed by atoms with Crippen LogP contribution in [0.5, 0.6) is 0 Å². The van der Waals surface area contributed by atoms with Gasteiger partial charge in [0.1, 0.15) is 0 Å². The molecule has 3 aliphatic heterocycles. The number of nitrogens with one attached hydrogen (secondary N) is 1. The molecular formula is C25H30ClN5O4. The number of amides is 3. The summed E-state index contributed by atoms with van der Waals surface area (Å²) in [6.07, 6.45) is 4.44. The van der Waals surface area contributed by atoms with Crippen LogP contribution in [0.25, 0.3) is 0 Å². The Morgan fingerprint density at radius 3 is 2.46 bits per heavy atom. The zero-order valence-corrected chi connectivity index (χ0v) is 20.3. The molecule has 0 spiro atoms. The molecule has 1 aromatic carbocycles. The van der Waals surface area contributed by atoms with Gasteiger partial charge in [-0.25, -0.2) is 4.79 Å². The second-order valence-electron chi connectivity index (χ2n) is 9.76. The van der Waals surface area contributed by atoms with Gasteiger partial charge in [-0.2, -0.15) is 5.10 Å². The fourth-order valence-corrected chi connectivity index (χ4v) is 5.80. The first-order valence-corrected chi connectivity index (χ1v) is 12.7. The Balaban J connectivity index is 1.26. The van der Waals surface area contributed by atoms with Crippen LogP contribution in [0, 0.1) is 5.92 Å². The summed E-state index contributed by atoms with van der Waals surface area (Å²) in [6.45, 7) is 2.02. The Morgan fingerprint density at radius 2 is 1.77 bits per heavy atom. The van der Waals surface area contributed by atoms with Crippen LogP contribution in [0.3, 0.4) is 0 Å². The van der Waals surface area contributed by atoms with Crippen LogP contribution in [-0.2, 0) is 24.4 Å². The number of hydrogen-bond acceptors (Lipinski definition) is 4. The van der Waals surface area contributed by atoms with Gasteiger partial charge in [0.05, 0.1) is 18.2 Å². The van der Waals surface area contributed by atoms with E-state index in [4.69, 9.17) is 11.6 Å². The number of aryl methyl sites for hydroxylation is 1. The summed E-state index contributed by atoms with van der Waals surface area (Å²) in [5.41, 5.74) is 2.18. The molecule has 3 amide bonds. The Bertz CT molecular complexity index is 1100. The van der Waals surface area contributed by atoms with E-state index < -0.39 is 5.97 Å². The van der Waals surface area contributed by atoms with Crippen molar-refractivity contribution >= 4 is 29.5 Å². The molecule has 3 aliphatic rings. The van der Waals surface area contributed by atoms with Crippen LogP contribution in [0.1, 0.15) is 60.3 Å². The first-order chi connectivity index (χ1) is 16.9. The number of carboxylic acid groups (broad SMARTS) is 1. The van der Waals surface area contributed by atoms with Crippen LogP contribution in [0.2, 0.25) is 5.02 Å². The molecule has 1 aromatic heterocycles. The van der Waals surface area contributed by atoms with E-state index in [-0.39, 0.29) is 29.9 Å². The SMILES string of the molecule is O=C(O)C1CC2CCCC(C1)N2C(=O)c1cc2n(n1)CCCN(C(=O)NCc1ccc(Cl)cc1)C2. The van der Waals surface area contributed by atoms with Crippen LogP contribution in [-0.4, -0.2) is 61.2 Å². The lowest BCUT2D eigenvalue weighted by molar-refractivity contribution is -0.145. The number of benzene rings is 1. The van der Waals surface area contributed by atoms with E-state index in [1.54, 1.807) is 23.1 Å². The Hall–Kier alpha value is -3.07. The fourth-order valence-electron chi connectivity index (χ4n) is 5.68. The molecular weight excluding hydrogens is 470 g/mol. The van der Waals surface area contributed by atoms with Crippen molar-refractivity contribution in [3.8, 4) is 0 Å². The third kappa shape index (κ3) is 5.00. The second-order valence-corrected chi connectivity index (χ2v) is 10.2. The number of aromatic nitrogens is 2. The number of piperidine rings is 2. The average molecular weight is 500 g/mol. The van der Waals surface area contributed by atoms with Gasteiger partial charge in [0, 0.05) is 36.7 Å². The van der Waals surface area contributed by atoms with Crippen molar-refractivity contribution in [3.63, 3.8) is 0 Å². The first kappa shape index (κ1) is 23.7. The van der Waals surface area contributed by atoms with Gasteiger partial charge in [0.2, 0.25) is 0 Å². The number of carbonyl (C=O) groups is 3. The molecule has 2 unspecified atom stereocenters. The molecule has 2 atom stereocenters. The van der Waals surface area contributed by atoms with Gasteiger partial charge in [0.15, 0.2) is 5.69 Å². The smallest absolute Gasteiger partial charge is 0.318 e. The fraction of sp³-hybridized carbons (Fsp3) is 0.520. The topological polar surface area (TPSA) is 108 Å². The van der Waals surface area contributed by atoms with Crippen LogP contribution >= 0.6 is 11.6 Å². The molecule has 2 fully saturated rings. The van der Waals surface area contributed by atoms with E-state index in [1.807, 2.05) is 21.7 Å². The molecule has 0 aliphatic carbocycles. The van der Waals surface area contributed by atoms with E-state index in [9.17, 15) is 19.5 Å². The maximum atomic E-state index is 13.5. The number of rotatable bonds is 4. The maximum Gasteiger partial charge on any atom is 0.318 e. The van der Waals surface area contributed by atoms with Crippen molar-refractivity contribution in [3.05, 3.63) is 52.3 Å². The van der Waals surface area contributed by atoms with Gasteiger partial charge in [-0.3, -0.25) is 14.3 Å². The average Bonchev–Trinajstić information content (AvgIpc) is 3.13. The Kier molecular flexibility index (Phi) is 6.69. The molecule has 186 valence electrons. The number of carbonyl (C=O) groups excluding carboxylic acids is 2. The van der Waals surface area contributed by atoms with Crippen LogP contribution in [0.4, 0.5) is 4.79 Å². The molecule has 2 N–H and O–H groups in total. The minimum Gasteiger partial charge on any atom is -0.481 e. The summed E-state index contributed by atoms with van der Waals surface area (Å²) in [6, 6.07) is 8.90. The van der Waals surface area contributed by atoms with E-state index >= 15 is 0 Å². The number of nitrogens with zero attached hydrogens (tertiary/aromatic N) is 4. The lowest BCUT2D eigenvalue weighted by Crippen LogP contribution is -2.55. The lowest BCUT2D eigenvalue weighted by Gasteiger charge is -2.47. The summed E-state index contributed by atoms with van der Waals surface area (Å²) >= 11 is 5.93. The minimum absolute atomic E-state index is 0.0484. The van der Waals surface area contributed by atoms with E-state index in [2.05, 4.69) is 10.4 Å². The van der Waals surface area contributed by atoms with E-state index in [0.29, 0.717) is 49.7 Å². The summed E-state index contributed by atoms with van der Waals surface area (Å²) in [4.78, 5) is 41.5. The quantitative estimate of drug-likeness (QED) is 0.669. The largest absolute Gasteiger partial charge is 0.481 e. The Labute approximate surface area is 209 Å². The normalized spacial score (nSPS) is 23.9. The highest BCUT2D eigenvalue weighted by Crippen LogP contribution is 2.38. The molecule has 10 heteroatoms. The predicted molar refractivity (Wildman–Crippen MR) is 129 cm³/mol. The second kappa shape index (κ2) is 9.89. The van der Waals surface area contributed by atoms with Gasteiger partial charge in [-0.15, -0.1) is 0 Å². The van der Waals surface area contributed by atoms with E-state index in [1.165, 1.54) is 0 Å². The third-order valence-electron chi connectivity index (χ3n) is 7.44. The standard InChI is InChI=1S/C25H30ClN5O4/c26-18-7-5-16(6-8-18)14-27-25(35)29-9-2-10-30-21(15-29)13-22(28-30)23(32)31-19-3-1-4-20(31)12-17(11-19)24(33)34/h5-8,13,17,19-20H,1-4,9-12,14-15H2,(H,27,35)(H,33,34). The maximum absolute atomic E-state index is 13.5. The summed E-state index contributed by atoms with van der Waals surface area (Å²) in [5, 5.41) is 17.7. The molecule has 2 aromatic rings. The predicted octanol–water partition coefficient (Wildman–Crippen LogP) is 3.51. The summed E-state index contributed by atoms with van der Waals surface area (Å²) in [7, 11) is 0. The van der Waals surface area contributed by atoms with Gasteiger partial charge in [0.25, 0.3) is 5.91 Å². The highest BCUT2D eigenvalue weighted by Gasteiger charge is 2.43. The summed E-state index contributed by atoms with van der Waals surface area (Å²) in [5.74, 6) is -1.27. The van der Waals surface area contributed by atoms with Crippen molar-refractivity contribution in [1.82, 2.24) is 24.9 Å². The number of fused-ring (bicyclic) bond motifs is 3. The minimum atomic E-state index is -0.767. The molecule has 5 rings (SSSR count). The van der Waals surface area contributed by atoms with Crippen molar-refractivity contribution in [2.45, 2.75) is 70.2 Å². The highest BCUT2D eigenvalue weighted by atomic mass is 35.5. The van der Waals surface area contributed by atoms with Gasteiger partial charge in [-0.05, 0) is 62.3 Å². The van der Waals surface area contributed by atoms with Crippen molar-refractivity contribution < 1.29 is 19.5 Å². The van der Waals surface area contributed by atoms with Gasteiger partial charge >= 0.3 is 12.0 Å². The molecule has 9 nitrogen and oxygen atoms in total. The molecule has 0 saturated carbocycles. The van der Waals surface area contributed by atoms with Crippen LogP contribution in [0.15, 0.2) is 30.3 Å². The molecule has 0 radical (unpaired) electrons. The first-order valence-electron chi connectivity index (χ1n) is 12.3. The van der Waals surface area contributed by atoms with Gasteiger partial charge in [-0.1, -0.05) is 23.7 Å². The van der Waals surface area contributed by atoms with Crippen LogP contribution < -0.4 is 5.32 Å². The highest BCUT2D eigenvalue weighted by molar-refractivity contribution is 6.30. The van der Waals surface area contributed by atoms with E-state index in [0.717, 1.165) is 36.9 Å². The Morgan fingerprint density at radius 1 is 1.06 bits per heavy atom. The number of halogens is 1. The molecule has 2 saturated heterocycles. The number of carboxylic acids is 1. The van der Waals surface area contributed by atoms with Gasteiger partial charge < -0.3 is 20.2 Å². The van der Waals surface area contributed by atoms with Crippen molar-refractivity contribution in [1.29, 1.82) is 0 Å². The molecule has 4 heterocycles. The number of urea groups is 1. The molecule has 2 bridgehead atoms. The monoisotopic (exact) mass is 499 g/mol. The third-order valence-corrected chi connectivity index (χ3v) is 7.69. The summed E-state index contributed by atoms with van der Waals surface area (Å²) < 4.78 is 1.83. The lowest BCUT2D eigenvalue weighted by atomic mass is 9.78. The molecule has 35 heavy (non-hydrogen) atoms.